The Morgan fingerprint density at radius 1 is 1.67 bits per heavy atom. The number of halogens is 2. The zero-order chi connectivity index (χ0) is 9.78. The van der Waals surface area contributed by atoms with E-state index in [0.29, 0.717) is 0 Å². The van der Waals surface area contributed by atoms with E-state index in [4.69, 9.17) is 28.3 Å². The minimum atomic E-state index is -0.732. The summed E-state index contributed by atoms with van der Waals surface area (Å²) >= 11 is 12.0. The molecule has 0 fully saturated rings. The van der Waals surface area contributed by atoms with Crippen molar-refractivity contribution < 1.29 is 5.11 Å². The van der Waals surface area contributed by atoms with E-state index in [1.54, 1.807) is 6.92 Å². The Hall–Kier alpha value is 0.280. The van der Waals surface area contributed by atoms with Crippen LogP contribution in [0.3, 0.4) is 0 Å². The molecule has 0 heterocycles. The summed E-state index contributed by atoms with van der Waals surface area (Å²) in [5.41, 5.74) is 0. The lowest BCUT2D eigenvalue weighted by molar-refractivity contribution is 0.235. The summed E-state index contributed by atoms with van der Waals surface area (Å²) < 4.78 is 0. The lowest BCUT2D eigenvalue weighted by Gasteiger charge is -2.29. The van der Waals surface area contributed by atoms with E-state index in [2.05, 4.69) is 6.58 Å². The van der Waals surface area contributed by atoms with Crippen molar-refractivity contribution in [3.63, 3.8) is 0 Å². The molecular formula is C9H16Cl2O. The van der Waals surface area contributed by atoms with Gasteiger partial charge in [0.05, 0.1) is 16.9 Å². The third-order valence-corrected chi connectivity index (χ3v) is 3.30. The number of rotatable bonds is 5. The molecule has 0 aromatic heterocycles. The fraction of sp³-hybridized carbons (Fsp3) is 0.778. The van der Waals surface area contributed by atoms with Crippen LogP contribution < -0.4 is 0 Å². The molecule has 0 saturated heterocycles. The standard InChI is InChI=1S/C9H16Cl2O/c1-4-5-7(2)8(10)9(3,11)6-12/h4,7-8,12H,1,5-6H2,2-3H3. The predicted molar refractivity (Wildman–Crippen MR) is 55.0 cm³/mol. The van der Waals surface area contributed by atoms with Crippen molar-refractivity contribution in [2.24, 2.45) is 5.92 Å². The fourth-order valence-corrected chi connectivity index (χ4v) is 1.45. The number of aliphatic hydroxyl groups is 1. The van der Waals surface area contributed by atoms with E-state index in [1.807, 2.05) is 13.0 Å². The monoisotopic (exact) mass is 210 g/mol. The SMILES string of the molecule is C=CCC(C)C(Cl)C(C)(Cl)CO. The molecule has 0 aliphatic rings. The summed E-state index contributed by atoms with van der Waals surface area (Å²) in [7, 11) is 0. The van der Waals surface area contributed by atoms with Crippen molar-refractivity contribution in [2.45, 2.75) is 30.5 Å². The minimum Gasteiger partial charge on any atom is -0.394 e. The lowest BCUT2D eigenvalue weighted by Crippen LogP contribution is -2.37. The maximum Gasteiger partial charge on any atom is 0.0814 e. The summed E-state index contributed by atoms with van der Waals surface area (Å²) in [6.07, 6.45) is 2.63. The van der Waals surface area contributed by atoms with Gasteiger partial charge in [-0.25, -0.2) is 0 Å². The molecule has 1 N–H and O–H groups in total. The van der Waals surface area contributed by atoms with Gasteiger partial charge in [-0.3, -0.25) is 0 Å². The molecule has 0 aliphatic carbocycles. The van der Waals surface area contributed by atoms with Crippen LogP contribution in [0, 0.1) is 5.92 Å². The molecule has 0 radical (unpaired) electrons. The van der Waals surface area contributed by atoms with Crippen LogP contribution in [0.25, 0.3) is 0 Å². The number of hydrogen-bond acceptors (Lipinski definition) is 1. The molecule has 0 amide bonds. The second kappa shape index (κ2) is 5.11. The Kier molecular flexibility index (Phi) is 5.22. The van der Waals surface area contributed by atoms with Crippen LogP contribution in [-0.4, -0.2) is 22.0 Å². The Morgan fingerprint density at radius 3 is 2.50 bits per heavy atom. The van der Waals surface area contributed by atoms with Gasteiger partial charge in [0, 0.05) is 0 Å². The number of hydrogen-bond donors (Lipinski definition) is 1. The topological polar surface area (TPSA) is 20.2 Å². The van der Waals surface area contributed by atoms with Gasteiger partial charge in [-0.2, -0.15) is 0 Å². The number of alkyl halides is 2. The largest absolute Gasteiger partial charge is 0.394 e. The van der Waals surface area contributed by atoms with E-state index in [9.17, 15) is 0 Å². The highest BCUT2D eigenvalue weighted by atomic mass is 35.5. The fourth-order valence-electron chi connectivity index (χ4n) is 1.06. The normalized spacial score (nSPS) is 21.1. The van der Waals surface area contributed by atoms with Gasteiger partial charge in [0.25, 0.3) is 0 Å². The Labute approximate surface area is 84.4 Å². The molecule has 3 heteroatoms. The minimum absolute atomic E-state index is 0.107. The van der Waals surface area contributed by atoms with Crippen LogP contribution in [0.15, 0.2) is 12.7 Å². The maximum atomic E-state index is 8.94. The van der Waals surface area contributed by atoms with Crippen LogP contribution in [0.4, 0.5) is 0 Å². The Bertz CT molecular complexity index is 145. The summed E-state index contributed by atoms with van der Waals surface area (Å²) in [5, 5.41) is 8.71. The molecule has 0 aromatic rings. The van der Waals surface area contributed by atoms with E-state index >= 15 is 0 Å². The molecule has 1 nitrogen and oxygen atoms in total. The Morgan fingerprint density at radius 2 is 2.17 bits per heavy atom. The quantitative estimate of drug-likeness (QED) is 0.547. The first-order valence-corrected chi connectivity index (χ1v) is 4.82. The molecule has 0 saturated carbocycles. The van der Waals surface area contributed by atoms with Crippen molar-refractivity contribution in [3.05, 3.63) is 12.7 Å². The lowest BCUT2D eigenvalue weighted by atomic mass is 9.94. The van der Waals surface area contributed by atoms with Gasteiger partial charge in [0.1, 0.15) is 0 Å². The summed E-state index contributed by atoms with van der Waals surface area (Å²) in [5.74, 6) is 0.235. The van der Waals surface area contributed by atoms with Gasteiger partial charge in [0.15, 0.2) is 0 Å². The maximum absolute atomic E-state index is 8.94. The van der Waals surface area contributed by atoms with Gasteiger partial charge in [-0.1, -0.05) is 13.0 Å². The van der Waals surface area contributed by atoms with Crippen molar-refractivity contribution in [1.29, 1.82) is 0 Å². The van der Waals surface area contributed by atoms with E-state index in [1.165, 1.54) is 0 Å². The second-order valence-electron chi connectivity index (χ2n) is 3.34. The molecule has 72 valence electrons. The zero-order valence-corrected chi connectivity index (χ0v) is 9.07. The molecule has 0 rings (SSSR count). The van der Waals surface area contributed by atoms with Crippen LogP contribution in [-0.2, 0) is 0 Å². The van der Waals surface area contributed by atoms with Crippen molar-refractivity contribution in [2.75, 3.05) is 6.61 Å². The van der Waals surface area contributed by atoms with E-state index in [-0.39, 0.29) is 17.9 Å². The first kappa shape index (κ1) is 12.3. The third-order valence-electron chi connectivity index (χ3n) is 1.92. The molecule has 3 unspecified atom stereocenters. The first-order chi connectivity index (χ1) is 5.45. The number of allylic oxidation sites excluding steroid dienone is 1. The smallest absolute Gasteiger partial charge is 0.0814 e. The highest BCUT2D eigenvalue weighted by molar-refractivity contribution is 6.32. The molecule has 0 bridgehead atoms. The second-order valence-corrected chi connectivity index (χ2v) is 4.67. The molecule has 0 aromatic carbocycles. The highest BCUT2D eigenvalue weighted by Gasteiger charge is 2.33. The first-order valence-electron chi connectivity index (χ1n) is 4.00. The van der Waals surface area contributed by atoms with Crippen molar-refractivity contribution in [3.8, 4) is 0 Å². The van der Waals surface area contributed by atoms with Gasteiger partial charge in [-0.15, -0.1) is 29.8 Å². The average molecular weight is 211 g/mol. The van der Waals surface area contributed by atoms with Crippen LogP contribution >= 0.6 is 23.2 Å². The van der Waals surface area contributed by atoms with Gasteiger partial charge in [0.2, 0.25) is 0 Å². The molecule has 0 aliphatic heterocycles. The predicted octanol–water partition coefficient (Wildman–Crippen LogP) is 2.80. The number of aliphatic hydroxyl groups excluding tert-OH is 1. The van der Waals surface area contributed by atoms with Crippen LogP contribution in [0.1, 0.15) is 20.3 Å². The highest BCUT2D eigenvalue weighted by Crippen LogP contribution is 2.30. The van der Waals surface area contributed by atoms with E-state index < -0.39 is 4.87 Å². The summed E-state index contributed by atoms with van der Waals surface area (Å²) in [6, 6.07) is 0. The molecule has 3 atom stereocenters. The van der Waals surface area contributed by atoms with Crippen molar-refractivity contribution >= 4 is 23.2 Å². The summed E-state index contributed by atoms with van der Waals surface area (Å²) in [4.78, 5) is -0.732. The van der Waals surface area contributed by atoms with Crippen LogP contribution in [0.2, 0.25) is 0 Å². The van der Waals surface area contributed by atoms with Gasteiger partial charge >= 0.3 is 0 Å². The average Bonchev–Trinajstić information content (AvgIpc) is 2.03. The Balaban J connectivity index is 4.16. The van der Waals surface area contributed by atoms with Crippen LogP contribution in [0.5, 0.6) is 0 Å². The molecular weight excluding hydrogens is 195 g/mol. The van der Waals surface area contributed by atoms with E-state index in [0.717, 1.165) is 6.42 Å². The van der Waals surface area contributed by atoms with Crippen molar-refractivity contribution in [1.82, 2.24) is 0 Å². The zero-order valence-electron chi connectivity index (χ0n) is 7.56. The molecule has 0 spiro atoms. The third kappa shape index (κ3) is 3.34. The van der Waals surface area contributed by atoms with Gasteiger partial charge in [-0.05, 0) is 19.3 Å². The molecule has 12 heavy (non-hydrogen) atoms. The van der Waals surface area contributed by atoms with Gasteiger partial charge < -0.3 is 5.11 Å². The summed E-state index contributed by atoms with van der Waals surface area (Å²) in [6.45, 7) is 7.26.